The minimum absolute atomic E-state index is 0.0374. The van der Waals surface area contributed by atoms with Crippen molar-refractivity contribution < 1.29 is 69.5 Å². The number of hydrogen-bond donors (Lipinski definition) is 3. The highest BCUT2D eigenvalue weighted by Crippen LogP contribution is 2.53. The van der Waals surface area contributed by atoms with Crippen LogP contribution in [-0.4, -0.2) is 75.2 Å². The van der Waals surface area contributed by atoms with Crippen molar-refractivity contribution >= 4 is 33.3 Å². The summed E-state index contributed by atoms with van der Waals surface area (Å²) in [7, 11) is -4.44. The maximum Gasteiger partial charge on any atom is 0.501 e. The number of carbonyl (C=O) groups is 3. The summed E-state index contributed by atoms with van der Waals surface area (Å²) in [6, 6.07) is 5.05. The molecule has 3 N–H and O–H groups in total. The molecule has 18 heteroatoms. The minimum atomic E-state index is -5.68. The number of alkyl halides is 3. The van der Waals surface area contributed by atoms with Crippen LogP contribution < -0.4 is 20.1 Å². The van der Waals surface area contributed by atoms with Gasteiger partial charge in [0.05, 0.1) is 47.7 Å². The predicted molar refractivity (Wildman–Crippen MR) is 157 cm³/mol. The molecule has 4 fully saturated rings. The van der Waals surface area contributed by atoms with E-state index < -0.39 is 91.9 Å². The molecule has 1 heterocycles. The van der Waals surface area contributed by atoms with Crippen LogP contribution in [-0.2, 0) is 33.8 Å². The van der Waals surface area contributed by atoms with Gasteiger partial charge in [0, 0.05) is 29.6 Å². The molecule has 0 radical (unpaired) electrons. The van der Waals surface area contributed by atoms with E-state index >= 15 is 4.39 Å². The first-order valence-electron chi connectivity index (χ1n) is 15.4. The summed E-state index contributed by atoms with van der Waals surface area (Å²) < 4.78 is 101. The van der Waals surface area contributed by atoms with Crippen molar-refractivity contribution in [3.63, 3.8) is 0 Å². The average molecular weight is 717 g/mol. The fourth-order valence-electron chi connectivity index (χ4n) is 7.46. The van der Waals surface area contributed by atoms with E-state index in [0.29, 0.717) is 38.2 Å². The van der Waals surface area contributed by atoms with E-state index in [0.717, 1.165) is 18.2 Å². The largest absolute Gasteiger partial charge is 0.501 e. The van der Waals surface area contributed by atoms with Crippen LogP contribution in [0.15, 0.2) is 41.3 Å². The van der Waals surface area contributed by atoms with E-state index in [1.807, 2.05) is 0 Å². The van der Waals surface area contributed by atoms with Crippen molar-refractivity contribution in [3.05, 3.63) is 47.8 Å². The second-order valence-corrected chi connectivity index (χ2v) is 14.4. The molecule has 3 saturated carbocycles. The van der Waals surface area contributed by atoms with Gasteiger partial charge in [0.1, 0.15) is 12.5 Å². The third kappa shape index (κ3) is 6.53. The highest BCUT2D eigenvalue weighted by molar-refractivity contribution is 7.92. The second-order valence-electron chi connectivity index (χ2n) is 12.4. The van der Waals surface area contributed by atoms with Gasteiger partial charge >= 0.3 is 11.5 Å². The molecule has 2 aromatic rings. The van der Waals surface area contributed by atoms with Crippen LogP contribution in [0.4, 0.5) is 23.2 Å². The number of anilines is 1. The zero-order valence-corrected chi connectivity index (χ0v) is 26.6. The molecule has 3 aliphatic carbocycles. The van der Waals surface area contributed by atoms with Crippen molar-refractivity contribution in [2.75, 3.05) is 19.2 Å². The molecular weight excluding hydrogens is 684 g/mol. The van der Waals surface area contributed by atoms with Crippen LogP contribution in [0.5, 0.6) is 11.5 Å². The van der Waals surface area contributed by atoms with E-state index in [1.54, 1.807) is 0 Å². The molecule has 0 unspecified atom stereocenters. The molecule has 6 atom stereocenters. The summed E-state index contributed by atoms with van der Waals surface area (Å²) in [4.78, 5) is 41.9. The molecule has 1 aliphatic heterocycles. The molecule has 0 aromatic heterocycles. The molecule has 266 valence electrons. The SMILES string of the molecule is COc1cc(F)c(O[C@H]2CC[C@@H](C(=O)OO)CC2)cc1C(=O)N[C@@H]1[C@@H]2C[C@@H]([C@H]3OCO[C@@H]23)[C@@H]1C(=O)Nc1cccc(S(=O)(=O)C(F)(F)F)c1. The van der Waals surface area contributed by atoms with E-state index in [4.69, 9.17) is 24.2 Å². The van der Waals surface area contributed by atoms with Crippen molar-refractivity contribution in [2.24, 2.45) is 23.7 Å². The number of ether oxygens (including phenoxy) is 4. The van der Waals surface area contributed by atoms with E-state index in [-0.39, 0.29) is 29.5 Å². The van der Waals surface area contributed by atoms with Gasteiger partial charge in [0.15, 0.2) is 11.6 Å². The van der Waals surface area contributed by atoms with Crippen molar-refractivity contribution in [3.8, 4) is 11.5 Å². The number of rotatable bonds is 9. The zero-order valence-electron chi connectivity index (χ0n) is 25.8. The number of amides is 2. The maximum absolute atomic E-state index is 15.1. The molecule has 0 spiro atoms. The van der Waals surface area contributed by atoms with Gasteiger partial charge in [-0.2, -0.15) is 18.4 Å². The summed E-state index contributed by atoms with van der Waals surface area (Å²) in [5.41, 5.74) is -5.86. The van der Waals surface area contributed by atoms with Gasteiger partial charge in [-0.25, -0.2) is 17.6 Å². The lowest BCUT2D eigenvalue weighted by molar-refractivity contribution is -0.240. The summed E-state index contributed by atoms with van der Waals surface area (Å²) in [5, 5.41) is 14.0. The lowest BCUT2D eigenvalue weighted by Crippen LogP contribution is -2.55. The topological polar surface area (TPSA) is 176 Å². The standard InChI is InChI=1S/C31H32F4N2O11S/c1-44-22-12-21(32)23(47-16-7-5-14(6-8-16)30(40)48-41)11-18(22)28(38)37-25-20-10-19(26-27(20)46-13-45-26)24(25)29(39)36-15-3-2-4-17(9-15)49(42,43)31(33,34)35/h2-4,9,11-12,14,16,19-20,24-27,41H,5-8,10,13H2,1H3,(H,36,39)(H,37,38)/t14-,16+,19-,20+,24+,25-,26-,27+/m1/s1. The molecule has 4 aliphatic rings. The van der Waals surface area contributed by atoms with Crippen LogP contribution in [0.1, 0.15) is 42.5 Å². The fourth-order valence-corrected chi connectivity index (χ4v) is 8.27. The Balaban J connectivity index is 1.22. The molecule has 1 saturated heterocycles. The number of fused-ring (bicyclic) bond motifs is 5. The number of nitrogens with one attached hydrogen (secondary N) is 2. The number of halogens is 4. The van der Waals surface area contributed by atoms with Gasteiger partial charge in [-0.05, 0) is 56.4 Å². The Kier molecular flexibility index (Phi) is 9.51. The first-order valence-corrected chi connectivity index (χ1v) is 16.9. The third-order valence-corrected chi connectivity index (χ3v) is 11.2. The van der Waals surface area contributed by atoms with Crippen molar-refractivity contribution in [2.45, 2.75) is 66.9 Å². The summed E-state index contributed by atoms with van der Waals surface area (Å²) in [6.07, 6.45) is 0.337. The average Bonchev–Trinajstić information content (AvgIpc) is 3.78. The third-order valence-electron chi connectivity index (χ3n) is 9.75. The van der Waals surface area contributed by atoms with Gasteiger partial charge in [-0.3, -0.25) is 9.59 Å². The quantitative estimate of drug-likeness (QED) is 0.195. The van der Waals surface area contributed by atoms with Crippen LogP contribution in [0.3, 0.4) is 0 Å². The normalized spacial score (nSPS) is 29.2. The Hall–Kier alpha value is -4.00. The van der Waals surface area contributed by atoms with Crippen LogP contribution in [0.2, 0.25) is 0 Å². The second kappa shape index (κ2) is 13.4. The molecule has 2 bridgehead atoms. The Morgan fingerprint density at radius 3 is 2.33 bits per heavy atom. The number of carbonyl (C=O) groups excluding carboxylic acids is 3. The summed E-state index contributed by atoms with van der Waals surface area (Å²) in [5.74, 6) is -5.73. The Bertz CT molecular complexity index is 1730. The molecule has 2 aromatic carbocycles. The number of sulfone groups is 1. The van der Waals surface area contributed by atoms with Crippen molar-refractivity contribution in [1.29, 1.82) is 0 Å². The van der Waals surface area contributed by atoms with E-state index in [1.165, 1.54) is 19.2 Å². The van der Waals surface area contributed by atoms with Crippen LogP contribution in [0.25, 0.3) is 0 Å². The lowest BCUT2D eigenvalue weighted by Gasteiger charge is -2.36. The fraction of sp³-hybridized carbons (Fsp3) is 0.516. The molecular formula is C31H32F4N2O11S. The summed E-state index contributed by atoms with van der Waals surface area (Å²) in [6.45, 7) is -0.0374. The van der Waals surface area contributed by atoms with Gasteiger partial charge in [0.2, 0.25) is 5.91 Å². The lowest BCUT2D eigenvalue weighted by atomic mass is 9.80. The minimum Gasteiger partial charge on any atom is -0.496 e. The van der Waals surface area contributed by atoms with E-state index in [2.05, 4.69) is 15.5 Å². The smallest absolute Gasteiger partial charge is 0.496 e. The van der Waals surface area contributed by atoms with Gasteiger partial charge < -0.3 is 34.5 Å². The molecule has 13 nitrogen and oxygen atoms in total. The van der Waals surface area contributed by atoms with Crippen LogP contribution in [0, 0.1) is 29.5 Å². The first kappa shape index (κ1) is 34.8. The Morgan fingerprint density at radius 1 is 0.980 bits per heavy atom. The van der Waals surface area contributed by atoms with Crippen molar-refractivity contribution in [1.82, 2.24) is 5.32 Å². The highest BCUT2D eigenvalue weighted by atomic mass is 32.2. The Labute approximate surface area is 277 Å². The number of methoxy groups -OCH3 is 1. The van der Waals surface area contributed by atoms with Crippen LogP contribution >= 0.6 is 0 Å². The van der Waals surface area contributed by atoms with E-state index in [9.17, 15) is 36.0 Å². The first-order chi connectivity index (χ1) is 23.2. The maximum atomic E-state index is 15.1. The van der Waals surface area contributed by atoms with Gasteiger partial charge in [0.25, 0.3) is 15.7 Å². The number of hydrogen-bond acceptors (Lipinski definition) is 11. The molecule has 49 heavy (non-hydrogen) atoms. The monoisotopic (exact) mass is 716 g/mol. The molecule has 6 rings (SSSR count). The van der Waals surface area contributed by atoms with Gasteiger partial charge in [-0.15, -0.1) is 0 Å². The van der Waals surface area contributed by atoms with Gasteiger partial charge in [-0.1, -0.05) is 6.07 Å². The zero-order chi connectivity index (χ0) is 35.2. The number of benzene rings is 2. The summed E-state index contributed by atoms with van der Waals surface area (Å²) >= 11 is 0. The molecule has 2 amide bonds. The highest BCUT2D eigenvalue weighted by Gasteiger charge is 2.63. The Morgan fingerprint density at radius 2 is 1.67 bits per heavy atom. The predicted octanol–water partition coefficient (Wildman–Crippen LogP) is 3.83.